The summed E-state index contributed by atoms with van der Waals surface area (Å²) in [6, 6.07) is 4.07. The average molecular weight is 237 g/mol. The van der Waals surface area contributed by atoms with E-state index < -0.39 is 0 Å². The highest BCUT2D eigenvalue weighted by Crippen LogP contribution is 2.31. The summed E-state index contributed by atoms with van der Waals surface area (Å²) in [5.74, 6) is 0. The normalized spacial score (nSPS) is 11.3. The number of hydrogen-bond acceptors (Lipinski definition) is 1. The molecule has 0 bridgehead atoms. The van der Waals surface area contributed by atoms with E-state index in [2.05, 4.69) is 31.4 Å². The molecule has 86 valence electrons. The standard InChI is InChI=1S/C13H17ClN2/c1-8-10(3)16(7-6-15)13-9(2)12(14)5-4-11(8)13/h4-5H,6-7,15H2,1-3H3. The first-order chi connectivity index (χ1) is 7.57. The van der Waals surface area contributed by atoms with Gasteiger partial charge in [-0.1, -0.05) is 17.7 Å². The molecule has 0 atom stereocenters. The van der Waals surface area contributed by atoms with E-state index in [-0.39, 0.29) is 0 Å². The van der Waals surface area contributed by atoms with Crippen molar-refractivity contribution in [1.82, 2.24) is 4.57 Å². The summed E-state index contributed by atoms with van der Waals surface area (Å²) < 4.78 is 2.27. The van der Waals surface area contributed by atoms with E-state index in [4.69, 9.17) is 17.3 Å². The second kappa shape index (κ2) is 4.11. The SMILES string of the molecule is Cc1c(C)n(CCN)c2c(C)c(Cl)ccc12. The van der Waals surface area contributed by atoms with Crippen LogP contribution in [0.3, 0.4) is 0 Å². The number of nitrogens with two attached hydrogens (primary N) is 1. The molecule has 0 fully saturated rings. The van der Waals surface area contributed by atoms with Gasteiger partial charge >= 0.3 is 0 Å². The highest BCUT2D eigenvalue weighted by atomic mass is 35.5. The van der Waals surface area contributed by atoms with E-state index in [1.165, 1.54) is 22.2 Å². The maximum atomic E-state index is 6.18. The Morgan fingerprint density at radius 3 is 2.50 bits per heavy atom. The van der Waals surface area contributed by atoms with Crippen LogP contribution >= 0.6 is 11.6 Å². The van der Waals surface area contributed by atoms with Crippen molar-refractivity contribution >= 4 is 22.5 Å². The lowest BCUT2D eigenvalue weighted by atomic mass is 10.1. The highest BCUT2D eigenvalue weighted by Gasteiger charge is 2.13. The van der Waals surface area contributed by atoms with Gasteiger partial charge in [-0.3, -0.25) is 0 Å². The molecule has 2 aromatic rings. The minimum atomic E-state index is 0.649. The molecule has 1 aromatic carbocycles. The Hall–Kier alpha value is -0.990. The molecule has 0 amide bonds. The minimum absolute atomic E-state index is 0.649. The molecule has 0 spiro atoms. The number of hydrogen-bond donors (Lipinski definition) is 1. The van der Waals surface area contributed by atoms with Gasteiger partial charge in [0.25, 0.3) is 0 Å². The zero-order valence-corrected chi connectivity index (χ0v) is 10.7. The highest BCUT2D eigenvalue weighted by molar-refractivity contribution is 6.32. The van der Waals surface area contributed by atoms with Crippen molar-refractivity contribution in [3.05, 3.63) is 34.0 Å². The van der Waals surface area contributed by atoms with Crippen molar-refractivity contribution in [2.45, 2.75) is 27.3 Å². The third kappa shape index (κ3) is 1.53. The quantitative estimate of drug-likeness (QED) is 0.853. The second-order valence-electron chi connectivity index (χ2n) is 4.22. The van der Waals surface area contributed by atoms with Gasteiger partial charge in [-0.2, -0.15) is 0 Å². The fourth-order valence-corrected chi connectivity index (χ4v) is 2.45. The lowest BCUT2D eigenvalue weighted by Crippen LogP contribution is -2.11. The molecule has 3 heteroatoms. The molecule has 1 heterocycles. The van der Waals surface area contributed by atoms with Crippen LogP contribution in [0.4, 0.5) is 0 Å². The molecular formula is C13H17ClN2. The number of nitrogens with zero attached hydrogens (tertiary/aromatic N) is 1. The van der Waals surface area contributed by atoms with Crippen LogP contribution in [0.25, 0.3) is 10.9 Å². The van der Waals surface area contributed by atoms with Crippen molar-refractivity contribution in [3.63, 3.8) is 0 Å². The first kappa shape index (κ1) is 11.5. The lowest BCUT2D eigenvalue weighted by molar-refractivity contribution is 0.711. The topological polar surface area (TPSA) is 30.9 Å². The van der Waals surface area contributed by atoms with Crippen molar-refractivity contribution in [2.75, 3.05) is 6.54 Å². The van der Waals surface area contributed by atoms with Gasteiger partial charge in [-0.25, -0.2) is 0 Å². The Morgan fingerprint density at radius 2 is 1.88 bits per heavy atom. The zero-order chi connectivity index (χ0) is 11.9. The van der Waals surface area contributed by atoms with E-state index in [1.54, 1.807) is 0 Å². The van der Waals surface area contributed by atoms with Gasteiger partial charge in [-0.05, 0) is 38.0 Å². The predicted molar refractivity (Wildman–Crippen MR) is 70.2 cm³/mol. The molecule has 2 nitrogen and oxygen atoms in total. The molecule has 0 aliphatic rings. The van der Waals surface area contributed by atoms with Gasteiger partial charge in [0.2, 0.25) is 0 Å². The van der Waals surface area contributed by atoms with E-state index in [9.17, 15) is 0 Å². The lowest BCUT2D eigenvalue weighted by Gasteiger charge is -2.09. The summed E-state index contributed by atoms with van der Waals surface area (Å²) in [6.07, 6.45) is 0. The third-order valence-corrected chi connectivity index (χ3v) is 3.75. The Bertz CT molecular complexity index is 541. The Kier molecular flexibility index (Phi) is 2.96. The molecule has 2 rings (SSSR count). The van der Waals surface area contributed by atoms with Crippen LogP contribution in [0.1, 0.15) is 16.8 Å². The van der Waals surface area contributed by atoms with E-state index in [1.807, 2.05) is 6.07 Å². The van der Waals surface area contributed by atoms with Crippen LogP contribution in [0, 0.1) is 20.8 Å². The van der Waals surface area contributed by atoms with E-state index in [0.29, 0.717) is 6.54 Å². The number of halogens is 1. The van der Waals surface area contributed by atoms with Crippen molar-refractivity contribution < 1.29 is 0 Å². The Balaban J connectivity index is 2.86. The number of fused-ring (bicyclic) bond motifs is 1. The molecule has 0 saturated carbocycles. The molecule has 0 saturated heterocycles. The monoisotopic (exact) mass is 236 g/mol. The number of aryl methyl sites for hydroxylation is 2. The first-order valence-corrected chi connectivity index (χ1v) is 5.90. The van der Waals surface area contributed by atoms with Crippen LogP contribution in [-0.2, 0) is 6.54 Å². The second-order valence-corrected chi connectivity index (χ2v) is 4.63. The first-order valence-electron chi connectivity index (χ1n) is 5.52. The van der Waals surface area contributed by atoms with E-state index in [0.717, 1.165) is 17.1 Å². The zero-order valence-electron chi connectivity index (χ0n) is 9.97. The molecule has 0 aliphatic carbocycles. The number of benzene rings is 1. The molecular weight excluding hydrogens is 220 g/mol. The predicted octanol–water partition coefficient (Wildman–Crippen LogP) is 3.18. The van der Waals surface area contributed by atoms with Gasteiger partial charge in [-0.15, -0.1) is 0 Å². The van der Waals surface area contributed by atoms with Crippen LogP contribution in [0.2, 0.25) is 5.02 Å². The molecule has 0 aliphatic heterocycles. The van der Waals surface area contributed by atoms with Crippen LogP contribution < -0.4 is 5.73 Å². The van der Waals surface area contributed by atoms with Crippen molar-refractivity contribution in [1.29, 1.82) is 0 Å². The summed E-state index contributed by atoms with van der Waals surface area (Å²) in [6.45, 7) is 7.85. The summed E-state index contributed by atoms with van der Waals surface area (Å²) in [5, 5.41) is 2.11. The van der Waals surface area contributed by atoms with Gasteiger partial charge in [0, 0.05) is 29.2 Å². The number of aromatic nitrogens is 1. The Labute approximate surface area is 101 Å². The molecule has 2 N–H and O–H groups in total. The third-order valence-electron chi connectivity index (χ3n) is 3.34. The smallest absolute Gasteiger partial charge is 0.0530 e. The minimum Gasteiger partial charge on any atom is -0.343 e. The van der Waals surface area contributed by atoms with Crippen LogP contribution in [-0.4, -0.2) is 11.1 Å². The van der Waals surface area contributed by atoms with Crippen LogP contribution in [0.15, 0.2) is 12.1 Å². The molecule has 0 unspecified atom stereocenters. The largest absolute Gasteiger partial charge is 0.343 e. The maximum absolute atomic E-state index is 6.18. The fraction of sp³-hybridized carbons (Fsp3) is 0.385. The molecule has 1 aromatic heterocycles. The maximum Gasteiger partial charge on any atom is 0.0530 e. The van der Waals surface area contributed by atoms with Gasteiger partial charge in [0.05, 0.1) is 5.52 Å². The van der Waals surface area contributed by atoms with Gasteiger partial charge < -0.3 is 10.3 Å². The number of rotatable bonds is 2. The van der Waals surface area contributed by atoms with Gasteiger partial charge in [0.15, 0.2) is 0 Å². The molecule has 0 radical (unpaired) electrons. The van der Waals surface area contributed by atoms with E-state index >= 15 is 0 Å². The summed E-state index contributed by atoms with van der Waals surface area (Å²) in [7, 11) is 0. The fourth-order valence-electron chi connectivity index (χ4n) is 2.30. The summed E-state index contributed by atoms with van der Waals surface area (Å²) in [5.41, 5.74) is 10.6. The average Bonchev–Trinajstić information content (AvgIpc) is 2.50. The van der Waals surface area contributed by atoms with Crippen molar-refractivity contribution in [3.8, 4) is 0 Å². The van der Waals surface area contributed by atoms with Crippen LogP contribution in [0.5, 0.6) is 0 Å². The molecule has 16 heavy (non-hydrogen) atoms. The van der Waals surface area contributed by atoms with Gasteiger partial charge in [0.1, 0.15) is 0 Å². The summed E-state index contributed by atoms with van der Waals surface area (Å²) in [4.78, 5) is 0. The summed E-state index contributed by atoms with van der Waals surface area (Å²) >= 11 is 6.18. The Morgan fingerprint density at radius 1 is 1.19 bits per heavy atom. The van der Waals surface area contributed by atoms with Crippen molar-refractivity contribution in [2.24, 2.45) is 5.73 Å².